The summed E-state index contributed by atoms with van der Waals surface area (Å²) in [4.78, 5) is 16.5. The lowest BCUT2D eigenvalue weighted by Crippen LogP contribution is -2.15. The van der Waals surface area contributed by atoms with E-state index in [1.165, 1.54) is 23.3 Å². The number of aryl methyl sites for hydroxylation is 1. The predicted octanol–water partition coefficient (Wildman–Crippen LogP) is 4.47. The highest BCUT2D eigenvalue weighted by molar-refractivity contribution is 5.99. The summed E-state index contributed by atoms with van der Waals surface area (Å²) in [7, 11) is 0. The summed E-state index contributed by atoms with van der Waals surface area (Å²) >= 11 is 0. The molecular weight excluding hydrogens is 340 g/mol. The van der Waals surface area contributed by atoms with E-state index in [0.29, 0.717) is 12.2 Å². The zero-order valence-electron chi connectivity index (χ0n) is 15.8. The fourth-order valence-corrected chi connectivity index (χ4v) is 2.90. The second-order valence-corrected chi connectivity index (χ2v) is 5.91. The molecule has 0 heterocycles. The molecule has 0 spiro atoms. The first-order valence-corrected chi connectivity index (χ1v) is 9.21. The molecule has 3 N–H and O–H groups in total. The van der Waals surface area contributed by atoms with E-state index in [-0.39, 0.29) is 11.4 Å². The second-order valence-electron chi connectivity index (χ2n) is 5.91. The van der Waals surface area contributed by atoms with Crippen LogP contribution in [-0.2, 0) is 11.3 Å². The van der Waals surface area contributed by atoms with Gasteiger partial charge in [-0.2, -0.15) is 0 Å². The first-order chi connectivity index (χ1) is 13.1. The van der Waals surface area contributed by atoms with Gasteiger partial charge in [-0.1, -0.05) is 61.5 Å². The van der Waals surface area contributed by atoms with Crippen molar-refractivity contribution in [2.24, 2.45) is 10.9 Å². The number of nitrogens with two attached hydrogens (primary N) is 1. The number of rotatable bonds is 5. The Bertz CT molecular complexity index is 841. The third-order valence-electron chi connectivity index (χ3n) is 4.19. The van der Waals surface area contributed by atoms with E-state index < -0.39 is 5.97 Å². The number of carbonyl (C=O) groups is 1. The monoisotopic (exact) mass is 366 g/mol. The van der Waals surface area contributed by atoms with E-state index in [1.807, 2.05) is 26.0 Å². The Morgan fingerprint density at radius 3 is 2.67 bits per heavy atom. The number of aromatic carboxylic acids is 1. The normalized spacial score (nSPS) is 13.4. The minimum Gasteiger partial charge on any atom is -0.478 e. The molecule has 3 rings (SSSR count). The molecule has 0 aliphatic heterocycles. The van der Waals surface area contributed by atoms with Gasteiger partial charge >= 0.3 is 5.97 Å². The van der Waals surface area contributed by atoms with E-state index in [9.17, 15) is 4.79 Å². The lowest BCUT2D eigenvalue weighted by atomic mass is 10.00. The molecule has 0 bridgehead atoms. The highest BCUT2D eigenvalue weighted by Gasteiger charge is 2.11. The molecule has 0 fully saturated rings. The Kier molecular flexibility index (Phi) is 7.62. The first kappa shape index (κ1) is 20.2. The Morgan fingerprint density at radius 1 is 1.15 bits per heavy atom. The van der Waals surface area contributed by atoms with Crippen molar-refractivity contribution in [3.8, 4) is 0 Å². The van der Waals surface area contributed by atoms with Crippen LogP contribution in [0.5, 0.6) is 0 Å². The quantitative estimate of drug-likeness (QED) is 0.464. The molecule has 0 aromatic heterocycles. The van der Waals surface area contributed by atoms with Gasteiger partial charge in [0.25, 0.3) is 0 Å². The molecule has 142 valence electrons. The lowest BCUT2D eigenvalue weighted by Gasteiger charge is -2.10. The summed E-state index contributed by atoms with van der Waals surface area (Å²) in [6.07, 6.45) is 5.37. The van der Waals surface area contributed by atoms with Crippen LogP contribution in [0.4, 0.5) is 0 Å². The number of carboxylic acids is 1. The van der Waals surface area contributed by atoms with Gasteiger partial charge in [0.15, 0.2) is 5.84 Å². The topological polar surface area (TPSA) is 84.9 Å². The molecule has 27 heavy (non-hydrogen) atoms. The van der Waals surface area contributed by atoms with Crippen LogP contribution in [0.1, 0.15) is 53.7 Å². The molecule has 1 aliphatic rings. The maximum absolute atomic E-state index is 11.0. The molecule has 5 heteroatoms. The summed E-state index contributed by atoms with van der Waals surface area (Å²) in [6.45, 7) is 4.33. The van der Waals surface area contributed by atoms with Crippen molar-refractivity contribution in [1.29, 1.82) is 0 Å². The average molecular weight is 366 g/mol. The molecule has 0 radical (unpaired) electrons. The van der Waals surface area contributed by atoms with E-state index in [2.05, 4.69) is 23.4 Å². The predicted molar refractivity (Wildman–Crippen MR) is 109 cm³/mol. The van der Waals surface area contributed by atoms with Gasteiger partial charge in [-0.3, -0.25) is 0 Å². The summed E-state index contributed by atoms with van der Waals surface area (Å²) in [5.41, 5.74) is 10.2. The summed E-state index contributed by atoms with van der Waals surface area (Å²) in [5.74, 6) is -0.846. The molecule has 2 aromatic rings. The first-order valence-electron chi connectivity index (χ1n) is 9.21. The number of hydrogen-bond donors (Lipinski definition) is 2. The zero-order valence-corrected chi connectivity index (χ0v) is 15.8. The zero-order chi connectivity index (χ0) is 19.6. The number of nitrogens with zero attached hydrogens (tertiary/aromatic N) is 1. The number of carboxylic acid groups (broad SMARTS) is 1. The fourth-order valence-electron chi connectivity index (χ4n) is 2.90. The van der Waals surface area contributed by atoms with E-state index in [4.69, 9.17) is 15.7 Å². The molecule has 0 atom stereocenters. The number of amidine groups is 1. The smallest absolute Gasteiger partial charge is 0.335 e. The molecule has 1 aliphatic carbocycles. The van der Waals surface area contributed by atoms with Gasteiger partial charge < -0.3 is 15.7 Å². The molecule has 0 saturated heterocycles. The maximum atomic E-state index is 11.0. The van der Waals surface area contributed by atoms with Crippen LogP contribution < -0.4 is 5.73 Å². The van der Waals surface area contributed by atoms with Gasteiger partial charge in [0.2, 0.25) is 0 Å². The average Bonchev–Trinajstić information content (AvgIpc) is 2.92. The third-order valence-corrected chi connectivity index (χ3v) is 4.19. The maximum Gasteiger partial charge on any atom is 0.335 e. The van der Waals surface area contributed by atoms with Crippen molar-refractivity contribution in [3.05, 3.63) is 76.9 Å². The van der Waals surface area contributed by atoms with Gasteiger partial charge in [-0.15, -0.1) is 0 Å². The van der Waals surface area contributed by atoms with E-state index >= 15 is 0 Å². The number of oxime groups is 1. The Balaban J connectivity index is 0.00000126. The van der Waals surface area contributed by atoms with Gasteiger partial charge in [-0.05, 0) is 48.1 Å². The fraction of sp³-hybridized carbons (Fsp3) is 0.273. The molecule has 2 aromatic carbocycles. The van der Waals surface area contributed by atoms with Gasteiger partial charge in [0.1, 0.15) is 6.61 Å². The van der Waals surface area contributed by atoms with Crippen molar-refractivity contribution in [3.63, 3.8) is 0 Å². The number of fused-ring (bicyclic) bond motifs is 1. The SMILES string of the molecule is CC.N/C(=N\OCC1=CCCCc2ccccc21)c1cccc(C(=O)O)c1. The molecule has 0 amide bonds. The van der Waals surface area contributed by atoms with Gasteiger partial charge in [-0.25, -0.2) is 4.79 Å². The molecular formula is C22H26N2O3. The van der Waals surface area contributed by atoms with Crippen LogP contribution in [0.15, 0.2) is 59.8 Å². The Morgan fingerprint density at radius 2 is 1.89 bits per heavy atom. The summed E-state index contributed by atoms with van der Waals surface area (Å²) < 4.78 is 0. The van der Waals surface area contributed by atoms with Crippen LogP contribution >= 0.6 is 0 Å². The van der Waals surface area contributed by atoms with Crippen LogP contribution in [0, 0.1) is 0 Å². The molecule has 5 nitrogen and oxygen atoms in total. The molecule has 0 unspecified atom stereocenters. The van der Waals surface area contributed by atoms with Gasteiger partial charge in [0.05, 0.1) is 5.56 Å². The minimum atomic E-state index is -1.00. The number of benzene rings is 2. The number of allylic oxidation sites excluding steroid dienone is 1. The standard InChI is InChI=1S/C20H20N2O3.C2H6/c21-19(15-9-5-10-16(12-15)20(23)24)22-25-13-17-8-2-1-6-14-7-3-4-11-18(14)17;1-2/h3-5,7-12H,1-2,6,13H2,(H2,21,22)(H,23,24);1-2H3. The van der Waals surface area contributed by atoms with E-state index in [1.54, 1.807) is 12.1 Å². The van der Waals surface area contributed by atoms with E-state index in [0.717, 1.165) is 24.8 Å². The lowest BCUT2D eigenvalue weighted by molar-refractivity contribution is 0.0697. The summed E-state index contributed by atoms with van der Waals surface area (Å²) in [5, 5.41) is 13.0. The minimum absolute atomic E-state index is 0.158. The van der Waals surface area contributed by atoms with Crippen molar-refractivity contribution >= 4 is 17.4 Å². The second kappa shape index (κ2) is 10.2. The Hall–Kier alpha value is -3.08. The molecule has 0 saturated carbocycles. The highest BCUT2D eigenvalue weighted by Crippen LogP contribution is 2.25. The van der Waals surface area contributed by atoms with Crippen molar-refractivity contribution in [2.75, 3.05) is 6.61 Å². The number of hydrogen-bond acceptors (Lipinski definition) is 3. The van der Waals surface area contributed by atoms with Gasteiger partial charge in [0, 0.05) is 5.56 Å². The van der Waals surface area contributed by atoms with Crippen LogP contribution in [0.3, 0.4) is 0 Å². The van der Waals surface area contributed by atoms with Crippen molar-refractivity contribution in [2.45, 2.75) is 33.1 Å². The van der Waals surface area contributed by atoms with Crippen LogP contribution in [-0.4, -0.2) is 23.5 Å². The summed E-state index contributed by atoms with van der Waals surface area (Å²) in [6, 6.07) is 14.6. The van der Waals surface area contributed by atoms with Crippen molar-refractivity contribution < 1.29 is 14.7 Å². The third kappa shape index (κ3) is 5.45. The highest BCUT2D eigenvalue weighted by atomic mass is 16.6. The van der Waals surface area contributed by atoms with Crippen molar-refractivity contribution in [1.82, 2.24) is 0 Å². The Labute approximate surface area is 160 Å². The van der Waals surface area contributed by atoms with Crippen LogP contribution in [0.25, 0.3) is 5.57 Å². The van der Waals surface area contributed by atoms with Crippen LogP contribution in [0.2, 0.25) is 0 Å². The largest absolute Gasteiger partial charge is 0.478 e.